The summed E-state index contributed by atoms with van der Waals surface area (Å²) in [5.41, 5.74) is 3.84. The number of fused-ring (bicyclic) bond motifs is 1. The quantitative estimate of drug-likeness (QED) is 0.556. The Kier molecular flexibility index (Phi) is 4.75. The molecule has 4 heteroatoms. The highest BCUT2D eigenvalue weighted by Gasteiger charge is 2.06. The number of esters is 1. The average molecular weight is 323 g/mol. The van der Waals surface area contributed by atoms with Gasteiger partial charge >= 0.3 is 5.97 Å². The van der Waals surface area contributed by atoms with Crippen molar-refractivity contribution in [1.82, 2.24) is 4.98 Å². The lowest BCUT2D eigenvalue weighted by Crippen LogP contribution is -1.99. The lowest BCUT2D eigenvalue weighted by atomic mass is 9.98. The molecule has 0 saturated carbocycles. The summed E-state index contributed by atoms with van der Waals surface area (Å²) in [5.74, 6) is -0.759. The smallest absolute Gasteiger partial charge is 0.330 e. The SMILES string of the molecule is CCOC(=O)/C=C/c1cc(F)ccc1Cc1ccc2[nH]ccc2c1. The van der Waals surface area contributed by atoms with Crippen LogP contribution in [0.15, 0.2) is 54.7 Å². The van der Waals surface area contributed by atoms with Gasteiger partial charge in [0.1, 0.15) is 5.82 Å². The van der Waals surface area contributed by atoms with Crippen molar-refractivity contribution in [2.45, 2.75) is 13.3 Å². The van der Waals surface area contributed by atoms with E-state index in [1.165, 1.54) is 18.2 Å². The van der Waals surface area contributed by atoms with Crippen LogP contribution in [0.25, 0.3) is 17.0 Å². The maximum Gasteiger partial charge on any atom is 0.330 e. The molecule has 0 bridgehead atoms. The number of aromatic amines is 1. The molecule has 122 valence electrons. The van der Waals surface area contributed by atoms with Crippen LogP contribution < -0.4 is 0 Å². The minimum absolute atomic E-state index is 0.315. The summed E-state index contributed by atoms with van der Waals surface area (Å²) in [6.07, 6.45) is 5.49. The van der Waals surface area contributed by atoms with Gasteiger partial charge in [-0.25, -0.2) is 9.18 Å². The van der Waals surface area contributed by atoms with Crippen LogP contribution in [0.4, 0.5) is 4.39 Å². The summed E-state index contributed by atoms with van der Waals surface area (Å²) in [6.45, 7) is 2.06. The summed E-state index contributed by atoms with van der Waals surface area (Å²) in [4.78, 5) is 14.6. The molecule has 0 aliphatic rings. The summed E-state index contributed by atoms with van der Waals surface area (Å²) >= 11 is 0. The Morgan fingerprint density at radius 1 is 1.21 bits per heavy atom. The third kappa shape index (κ3) is 3.71. The van der Waals surface area contributed by atoms with Gasteiger partial charge in [0.05, 0.1) is 6.61 Å². The maximum absolute atomic E-state index is 13.6. The zero-order valence-corrected chi connectivity index (χ0v) is 13.4. The van der Waals surface area contributed by atoms with E-state index in [1.807, 2.05) is 24.4 Å². The Morgan fingerprint density at radius 3 is 2.92 bits per heavy atom. The zero-order valence-electron chi connectivity index (χ0n) is 13.4. The largest absolute Gasteiger partial charge is 0.463 e. The molecule has 0 atom stereocenters. The lowest BCUT2D eigenvalue weighted by molar-refractivity contribution is -0.137. The van der Waals surface area contributed by atoms with Crippen LogP contribution in [0.3, 0.4) is 0 Å². The Labute approximate surface area is 139 Å². The van der Waals surface area contributed by atoms with Crippen LogP contribution in [0.1, 0.15) is 23.6 Å². The molecular formula is C20H18FNO2. The van der Waals surface area contributed by atoms with E-state index in [0.29, 0.717) is 18.6 Å². The minimum Gasteiger partial charge on any atom is -0.463 e. The van der Waals surface area contributed by atoms with Crippen LogP contribution in [-0.2, 0) is 16.0 Å². The van der Waals surface area contributed by atoms with Gasteiger partial charge in [-0.15, -0.1) is 0 Å². The average Bonchev–Trinajstić information content (AvgIpc) is 3.03. The standard InChI is InChI=1S/C20H18FNO2/c1-2-24-20(23)8-5-16-13-18(21)6-4-15(16)11-14-3-7-19-17(12-14)9-10-22-19/h3-10,12-13,22H,2,11H2,1H3/b8-5+. The molecule has 0 aliphatic carbocycles. The number of carbonyl (C=O) groups is 1. The van der Waals surface area contributed by atoms with E-state index in [4.69, 9.17) is 4.74 Å². The van der Waals surface area contributed by atoms with Crippen molar-refractivity contribution in [2.24, 2.45) is 0 Å². The first-order valence-corrected chi connectivity index (χ1v) is 7.85. The highest BCUT2D eigenvalue weighted by atomic mass is 19.1. The Bertz CT molecular complexity index is 896. The second-order valence-electron chi connectivity index (χ2n) is 5.50. The van der Waals surface area contributed by atoms with Crippen LogP contribution in [-0.4, -0.2) is 17.6 Å². The highest BCUT2D eigenvalue weighted by molar-refractivity contribution is 5.87. The number of rotatable bonds is 5. The Morgan fingerprint density at radius 2 is 2.08 bits per heavy atom. The second kappa shape index (κ2) is 7.13. The van der Waals surface area contributed by atoms with Crippen molar-refractivity contribution in [2.75, 3.05) is 6.61 Å². The Balaban J connectivity index is 1.88. The molecule has 0 fully saturated rings. The molecule has 0 amide bonds. The van der Waals surface area contributed by atoms with Crippen molar-refractivity contribution >= 4 is 22.9 Å². The summed E-state index contributed by atoms with van der Waals surface area (Å²) < 4.78 is 18.4. The molecule has 0 spiro atoms. The van der Waals surface area contributed by atoms with Crippen LogP contribution in [0.2, 0.25) is 0 Å². The van der Waals surface area contributed by atoms with Crippen LogP contribution in [0.5, 0.6) is 0 Å². The van der Waals surface area contributed by atoms with Crippen molar-refractivity contribution in [3.8, 4) is 0 Å². The molecule has 24 heavy (non-hydrogen) atoms. The number of H-pyrrole nitrogens is 1. The first-order chi connectivity index (χ1) is 11.7. The third-order valence-electron chi connectivity index (χ3n) is 3.81. The summed E-state index contributed by atoms with van der Waals surface area (Å²) in [6, 6.07) is 12.8. The number of aromatic nitrogens is 1. The van der Waals surface area contributed by atoms with E-state index < -0.39 is 5.97 Å². The normalized spacial score (nSPS) is 11.2. The van der Waals surface area contributed by atoms with Crippen molar-refractivity contribution in [1.29, 1.82) is 0 Å². The van der Waals surface area contributed by atoms with E-state index >= 15 is 0 Å². The first-order valence-electron chi connectivity index (χ1n) is 7.85. The highest BCUT2D eigenvalue weighted by Crippen LogP contribution is 2.21. The molecule has 0 saturated heterocycles. The molecule has 0 unspecified atom stereocenters. The monoisotopic (exact) mass is 323 g/mol. The first kappa shape index (κ1) is 16.0. The molecular weight excluding hydrogens is 305 g/mol. The van der Waals surface area contributed by atoms with Crippen LogP contribution >= 0.6 is 0 Å². The topological polar surface area (TPSA) is 42.1 Å². The third-order valence-corrected chi connectivity index (χ3v) is 3.81. The van der Waals surface area contributed by atoms with E-state index in [0.717, 1.165) is 22.0 Å². The molecule has 1 aromatic heterocycles. The lowest BCUT2D eigenvalue weighted by Gasteiger charge is -2.07. The van der Waals surface area contributed by atoms with Gasteiger partial charge in [0.15, 0.2) is 0 Å². The predicted molar refractivity (Wildman–Crippen MR) is 93.2 cm³/mol. The molecule has 0 aliphatic heterocycles. The van der Waals surface area contributed by atoms with E-state index in [1.54, 1.807) is 19.1 Å². The number of carbonyl (C=O) groups excluding carboxylic acids is 1. The molecule has 3 aromatic rings. The van der Waals surface area contributed by atoms with Gasteiger partial charge in [-0.05, 0) is 71.8 Å². The van der Waals surface area contributed by atoms with Gasteiger partial charge in [0.25, 0.3) is 0 Å². The van der Waals surface area contributed by atoms with Gasteiger partial charge in [0.2, 0.25) is 0 Å². The van der Waals surface area contributed by atoms with Crippen molar-refractivity contribution in [3.05, 3.63) is 77.2 Å². The van der Waals surface area contributed by atoms with Gasteiger partial charge in [-0.3, -0.25) is 0 Å². The van der Waals surface area contributed by atoms with E-state index in [-0.39, 0.29) is 5.82 Å². The zero-order chi connectivity index (χ0) is 16.9. The number of hydrogen-bond donors (Lipinski definition) is 1. The number of halogens is 1. The molecule has 3 nitrogen and oxygen atoms in total. The minimum atomic E-state index is -0.429. The van der Waals surface area contributed by atoms with Crippen molar-refractivity contribution < 1.29 is 13.9 Å². The van der Waals surface area contributed by atoms with Gasteiger partial charge < -0.3 is 9.72 Å². The maximum atomic E-state index is 13.6. The molecule has 1 N–H and O–H groups in total. The van der Waals surface area contributed by atoms with E-state index in [2.05, 4.69) is 11.1 Å². The summed E-state index contributed by atoms with van der Waals surface area (Å²) in [5, 5.41) is 1.14. The molecule has 2 aromatic carbocycles. The summed E-state index contributed by atoms with van der Waals surface area (Å²) in [7, 11) is 0. The number of ether oxygens (including phenoxy) is 1. The molecule has 3 rings (SSSR count). The molecule has 1 heterocycles. The van der Waals surface area contributed by atoms with Gasteiger partial charge in [-0.1, -0.05) is 12.1 Å². The van der Waals surface area contributed by atoms with E-state index in [9.17, 15) is 9.18 Å². The second-order valence-corrected chi connectivity index (χ2v) is 5.50. The molecule has 0 radical (unpaired) electrons. The van der Waals surface area contributed by atoms with Gasteiger partial charge in [0, 0.05) is 17.8 Å². The fourth-order valence-corrected chi connectivity index (χ4v) is 2.66. The Hall–Kier alpha value is -2.88. The fourth-order valence-electron chi connectivity index (χ4n) is 2.66. The number of hydrogen-bond acceptors (Lipinski definition) is 2. The van der Waals surface area contributed by atoms with Gasteiger partial charge in [-0.2, -0.15) is 0 Å². The number of nitrogens with one attached hydrogen (secondary N) is 1. The van der Waals surface area contributed by atoms with Crippen LogP contribution in [0, 0.1) is 5.82 Å². The predicted octanol–water partition coefficient (Wildman–Crippen LogP) is 4.47. The number of benzene rings is 2. The fraction of sp³-hybridized carbons (Fsp3) is 0.150. The van der Waals surface area contributed by atoms with Crippen molar-refractivity contribution in [3.63, 3.8) is 0 Å².